The summed E-state index contributed by atoms with van der Waals surface area (Å²) >= 11 is 0. The van der Waals surface area contributed by atoms with Crippen LogP contribution in [0, 0.1) is 0 Å². The third-order valence-corrected chi connectivity index (χ3v) is 5.08. The molecule has 0 radical (unpaired) electrons. The normalized spacial score (nSPS) is 12.9. The maximum absolute atomic E-state index is 12.7. The largest absolute Gasteiger partial charge is 0.333 e. The fourth-order valence-electron chi connectivity index (χ4n) is 3.49. The van der Waals surface area contributed by atoms with Crippen molar-refractivity contribution in [3.05, 3.63) is 83.4 Å². The molecule has 3 amide bonds. The van der Waals surface area contributed by atoms with Crippen LogP contribution >= 0.6 is 0 Å². The van der Waals surface area contributed by atoms with Crippen molar-refractivity contribution in [2.75, 3.05) is 11.9 Å². The highest BCUT2D eigenvalue weighted by molar-refractivity contribution is 6.22. The van der Waals surface area contributed by atoms with Gasteiger partial charge in [0.25, 0.3) is 17.7 Å². The van der Waals surface area contributed by atoms with Gasteiger partial charge in [-0.3, -0.25) is 19.3 Å². The average Bonchev–Trinajstić information content (AvgIpc) is 3.34. The quantitative estimate of drug-likeness (QED) is 0.612. The van der Waals surface area contributed by atoms with Gasteiger partial charge in [-0.2, -0.15) is 0 Å². The zero-order valence-electron chi connectivity index (χ0n) is 16.7. The third-order valence-electron chi connectivity index (χ3n) is 5.08. The van der Waals surface area contributed by atoms with E-state index in [1.165, 1.54) is 11.0 Å². The zero-order valence-corrected chi connectivity index (χ0v) is 16.7. The highest BCUT2D eigenvalue weighted by Crippen LogP contribution is 2.25. The molecular formula is C23H22N4O3. The summed E-state index contributed by atoms with van der Waals surface area (Å²) in [6.07, 6.45) is 6.97. The van der Waals surface area contributed by atoms with Gasteiger partial charge in [-0.05, 0) is 42.3 Å². The van der Waals surface area contributed by atoms with Gasteiger partial charge in [-0.1, -0.05) is 25.5 Å². The van der Waals surface area contributed by atoms with Gasteiger partial charge in [0, 0.05) is 36.7 Å². The van der Waals surface area contributed by atoms with Gasteiger partial charge in [0.1, 0.15) is 0 Å². The van der Waals surface area contributed by atoms with Crippen LogP contribution in [0.25, 0.3) is 0 Å². The van der Waals surface area contributed by atoms with E-state index in [1.54, 1.807) is 24.7 Å². The van der Waals surface area contributed by atoms with Crippen LogP contribution in [-0.4, -0.2) is 38.7 Å². The Bertz CT molecular complexity index is 1110. The molecule has 7 heteroatoms. The van der Waals surface area contributed by atoms with Crippen molar-refractivity contribution in [2.24, 2.45) is 0 Å². The Hall–Kier alpha value is -3.74. The van der Waals surface area contributed by atoms with E-state index in [0.29, 0.717) is 29.9 Å². The molecule has 152 valence electrons. The lowest BCUT2D eigenvalue weighted by molar-refractivity contribution is 0.0652. The second-order valence-electron chi connectivity index (χ2n) is 7.27. The number of carbonyl (C=O) groups is 3. The molecule has 0 saturated carbocycles. The van der Waals surface area contributed by atoms with E-state index in [4.69, 9.17) is 0 Å². The van der Waals surface area contributed by atoms with Gasteiger partial charge >= 0.3 is 0 Å². The van der Waals surface area contributed by atoms with Crippen LogP contribution in [0.15, 0.2) is 61.2 Å². The molecule has 1 aromatic heterocycles. The Morgan fingerprint density at radius 3 is 2.67 bits per heavy atom. The fourth-order valence-corrected chi connectivity index (χ4v) is 3.49. The SMILES string of the molecule is CCCCN1C(=O)c2ccc(C(=O)Nc3cccc(Cn4ccnc4)c3)cc2C1=O. The summed E-state index contributed by atoms with van der Waals surface area (Å²) in [4.78, 5) is 43.1. The summed E-state index contributed by atoms with van der Waals surface area (Å²) in [5.74, 6) is -0.951. The molecule has 0 unspecified atom stereocenters. The Balaban J connectivity index is 1.50. The van der Waals surface area contributed by atoms with Gasteiger partial charge in [0.2, 0.25) is 0 Å². The Morgan fingerprint density at radius 2 is 1.90 bits per heavy atom. The maximum Gasteiger partial charge on any atom is 0.261 e. The Labute approximate surface area is 174 Å². The number of rotatable bonds is 7. The lowest BCUT2D eigenvalue weighted by atomic mass is 10.1. The number of nitrogens with one attached hydrogen (secondary N) is 1. The fraction of sp³-hybridized carbons (Fsp3) is 0.217. The molecule has 0 saturated heterocycles. The lowest BCUT2D eigenvalue weighted by Crippen LogP contribution is -2.30. The number of unbranched alkanes of at least 4 members (excludes halogenated alkanes) is 1. The first-order valence-electron chi connectivity index (χ1n) is 9.93. The number of imidazole rings is 1. The summed E-state index contributed by atoms with van der Waals surface area (Å²) in [6.45, 7) is 3.05. The Morgan fingerprint density at radius 1 is 1.07 bits per heavy atom. The van der Waals surface area contributed by atoms with E-state index in [2.05, 4.69) is 10.3 Å². The summed E-state index contributed by atoms with van der Waals surface area (Å²) in [5.41, 5.74) is 2.66. The average molecular weight is 402 g/mol. The molecule has 0 aliphatic carbocycles. The van der Waals surface area contributed by atoms with Crippen LogP contribution in [0.2, 0.25) is 0 Å². The molecule has 0 bridgehead atoms. The molecule has 1 N–H and O–H groups in total. The minimum atomic E-state index is -0.333. The molecule has 0 fully saturated rings. The zero-order chi connectivity index (χ0) is 21.1. The minimum Gasteiger partial charge on any atom is -0.333 e. The van der Waals surface area contributed by atoms with E-state index < -0.39 is 0 Å². The number of hydrogen-bond acceptors (Lipinski definition) is 4. The topological polar surface area (TPSA) is 84.3 Å². The van der Waals surface area contributed by atoms with Gasteiger partial charge in [0.15, 0.2) is 0 Å². The van der Waals surface area contributed by atoms with Crippen LogP contribution in [0.3, 0.4) is 0 Å². The van der Waals surface area contributed by atoms with Gasteiger partial charge in [-0.15, -0.1) is 0 Å². The first-order chi connectivity index (χ1) is 14.6. The van der Waals surface area contributed by atoms with Crippen molar-refractivity contribution >= 4 is 23.4 Å². The number of nitrogens with zero attached hydrogens (tertiary/aromatic N) is 3. The van der Waals surface area contributed by atoms with Crippen molar-refractivity contribution in [2.45, 2.75) is 26.3 Å². The van der Waals surface area contributed by atoms with Crippen molar-refractivity contribution in [3.8, 4) is 0 Å². The first kappa shape index (κ1) is 19.6. The predicted molar refractivity (Wildman–Crippen MR) is 112 cm³/mol. The van der Waals surface area contributed by atoms with Crippen LogP contribution in [0.5, 0.6) is 0 Å². The molecule has 3 aromatic rings. The summed E-state index contributed by atoms with van der Waals surface area (Å²) in [5, 5.41) is 2.87. The maximum atomic E-state index is 12.7. The summed E-state index contributed by atoms with van der Waals surface area (Å²) < 4.78 is 1.94. The number of amides is 3. The van der Waals surface area contributed by atoms with Crippen LogP contribution < -0.4 is 5.32 Å². The molecule has 1 aliphatic heterocycles. The highest BCUT2D eigenvalue weighted by Gasteiger charge is 2.35. The van der Waals surface area contributed by atoms with E-state index in [-0.39, 0.29) is 23.3 Å². The molecule has 2 aromatic carbocycles. The molecule has 30 heavy (non-hydrogen) atoms. The van der Waals surface area contributed by atoms with E-state index in [9.17, 15) is 14.4 Å². The molecule has 7 nitrogen and oxygen atoms in total. The number of imide groups is 1. The van der Waals surface area contributed by atoms with Gasteiger partial charge < -0.3 is 9.88 Å². The Kier molecular flexibility index (Phi) is 5.43. The van der Waals surface area contributed by atoms with Crippen molar-refractivity contribution < 1.29 is 14.4 Å². The van der Waals surface area contributed by atoms with E-state index >= 15 is 0 Å². The molecule has 2 heterocycles. The number of carbonyl (C=O) groups excluding carboxylic acids is 3. The number of aromatic nitrogens is 2. The molecule has 0 atom stereocenters. The number of fused-ring (bicyclic) bond motifs is 1. The third kappa shape index (κ3) is 3.87. The highest BCUT2D eigenvalue weighted by atomic mass is 16.2. The molecule has 0 spiro atoms. The molecule has 1 aliphatic rings. The second-order valence-corrected chi connectivity index (χ2v) is 7.27. The van der Waals surface area contributed by atoms with Crippen LogP contribution in [-0.2, 0) is 6.54 Å². The number of benzene rings is 2. The van der Waals surface area contributed by atoms with Crippen molar-refractivity contribution in [1.29, 1.82) is 0 Å². The van der Waals surface area contributed by atoms with Crippen molar-refractivity contribution in [3.63, 3.8) is 0 Å². The van der Waals surface area contributed by atoms with E-state index in [0.717, 1.165) is 18.4 Å². The smallest absolute Gasteiger partial charge is 0.261 e. The second kappa shape index (κ2) is 8.32. The number of hydrogen-bond donors (Lipinski definition) is 1. The molecule has 4 rings (SSSR count). The van der Waals surface area contributed by atoms with E-state index in [1.807, 2.05) is 42.0 Å². The first-order valence-corrected chi connectivity index (χ1v) is 9.93. The molecular weight excluding hydrogens is 380 g/mol. The standard InChI is InChI=1S/C23H22N4O3/c1-2-3-10-27-22(29)19-8-7-17(13-20(19)23(27)30)21(28)25-18-6-4-5-16(12-18)14-26-11-9-24-15-26/h4-9,11-13,15H,2-3,10,14H2,1H3,(H,25,28). The predicted octanol–water partition coefficient (Wildman–Crippen LogP) is 3.58. The van der Waals surface area contributed by atoms with Crippen LogP contribution in [0.1, 0.15) is 56.4 Å². The minimum absolute atomic E-state index is 0.289. The lowest BCUT2D eigenvalue weighted by Gasteiger charge is -2.12. The number of anilines is 1. The van der Waals surface area contributed by atoms with Crippen molar-refractivity contribution in [1.82, 2.24) is 14.5 Å². The van der Waals surface area contributed by atoms with Gasteiger partial charge in [0.05, 0.1) is 17.5 Å². The monoisotopic (exact) mass is 402 g/mol. The summed E-state index contributed by atoms with van der Waals surface area (Å²) in [6, 6.07) is 12.2. The summed E-state index contributed by atoms with van der Waals surface area (Å²) in [7, 11) is 0. The van der Waals surface area contributed by atoms with Crippen LogP contribution in [0.4, 0.5) is 5.69 Å². The van der Waals surface area contributed by atoms with Gasteiger partial charge in [-0.25, -0.2) is 4.98 Å².